The molecule has 2 aliphatic rings. The van der Waals surface area contributed by atoms with Gasteiger partial charge in [-0.2, -0.15) is 0 Å². The lowest BCUT2D eigenvalue weighted by Gasteiger charge is -2.29. The SMILES string of the molecule is COc1ncc(C(=O)NC[C@@]23CCC[C@H]2CN(C(=O)[C@@H](N)CN)C3)cc1C. The van der Waals surface area contributed by atoms with Crippen molar-refractivity contribution < 1.29 is 14.3 Å². The van der Waals surface area contributed by atoms with E-state index < -0.39 is 6.04 Å². The third-order valence-corrected chi connectivity index (χ3v) is 6.01. The first kappa shape index (κ1) is 19.6. The van der Waals surface area contributed by atoms with Gasteiger partial charge in [0, 0.05) is 43.4 Å². The fourth-order valence-electron chi connectivity index (χ4n) is 4.46. The second kappa shape index (κ2) is 7.82. The van der Waals surface area contributed by atoms with Gasteiger partial charge in [0.05, 0.1) is 18.7 Å². The van der Waals surface area contributed by atoms with Crippen LogP contribution in [0.1, 0.15) is 35.2 Å². The van der Waals surface area contributed by atoms with Gasteiger partial charge in [-0.1, -0.05) is 6.42 Å². The third kappa shape index (κ3) is 3.77. The number of hydrogen-bond donors (Lipinski definition) is 3. The molecule has 1 aliphatic carbocycles. The monoisotopic (exact) mass is 375 g/mol. The number of fused-ring (bicyclic) bond motifs is 1. The van der Waals surface area contributed by atoms with Crippen LogP contribution in [-0.4, -0.2) is 61.0 Å². The van der Waals surface area contributed by atoms with Crippen LogP contribution in [0.15, 0.2) is 12.3 Å². The van der Waals surface area contributed by atoms with Crippen molar-refractivity contribution in [3.63, 3.8) is 0 Å². The molecule has 0 spiro atoms. The van der Waals surface area contributed by atoms with Crippen LogP contribution in [0.3, 0.4) is 0 Å². The molecule has 1 aliphatic heterocycles. The van der Waals surface area contributed by atoms with E-state index in [1.54, 1.807) is 13.2 Å². The molecule has 2 amide bonds. The highest BCUT2D eigenvalue weighted by molar-refractivity contribution is 5.94. The zero-order chi connectivity index (χ0) is 19.6. The fraction of sp³-hybridized carbons (Fsp3) is 0.632. The summed E-state index contributed by atoms with van der Waals surface area (Å²) >= 11 is 0. The van der Waals surface area contributed by atoms with E-state index in [9.17, 15) is 9.59 Å². The lowest BCUT2D eigenvalue weighted by atomic mass is 9.80. The van der Waals surface area contributed by atoms with Crippen molar-refractivity contribution in [2.24, 2.45) is 22.8 Å². The Balaban J connectivity index is 1.66. The van der Waals surface area contributed by atoms with Crippen LogP contribution in [0, 0.1) is 18.3 Å². The summed E-state index contributed by atoms with van der Waals surface area (Å²) in [5.41, 5.74) is 12.6. The van der Waals surface area contributed by atoms with Crippen LogP contribution in [0.2, 0.25) is 0 Å². The van der Waals surface area contributed by atoms with E-state index in [2.05, 4.69) is 10.3 Å². The number of nitrogens with two attached hydrogens (primary N) is 2. The molecule has 0 aromatic carbocycles. The third-order valence-electron chi connectivity index (χ3n) is 6.01. The molecule has 27 heavy (non-hydrogen) atoms. The number of pyridine rings is 1. The number of aryl methyl sites for hydroxylation is 1. The number of nitrogens with zero attached hydrogens (tertiary/aromatic N) is 2. The van der Waals surface area contributed by atoms with E-state index in [1.807, 2.05) is 11.8 Å². The minimum Gasteiger partial charge on any atom is -0.481 e. The Kier molecular flexibility index (Phi) is 5.67. The molecule has 1 aromatic rings. The highest BCUT2D eigenvalue weighted by Gasteiger charge is 2.50. The van der Waals surface area contributed by atoms with Gasteiger partial charge >= 0.3 is 0 Å². The molecule has 0 unspecified atom stereocenters. The summed E-state index contributed by atoms with van der Waals surface area (Å²) in [5, 5.41) is 3.06. The maximum atomic E-state index is 12.6. The quantitative estimate of drug-likeness (QED) is 0.645. The Hall–Kier alpha value is -2.19. The maximum Gasteiger partial charge on any atom is 0.252 e. The van der Waals surface area contributed by atoms with Gasteiger partial charge in [0.15, 0.2) is 0 Å². The van der Waals surface area contributed by atoms with Crippen LogP contribution >= 0.6 is 0 Å². The highest BCUT2D eigenvalue weighted by atomic mass is 16.5. The van der Waals surface area contributed by atoms with Gasteiger partial charge in [-0.05, 0) is 31.7 Å². The summed E-state index contributed by atoms with van der Waals surface area (Å²) in [4.78, 5) is 31.0. The van der Waals surface area contributed by atoms with Crippen LogP contribution in [-0.2, 0) is 4.79 Å². The van der Waals surface area contributed by atoms with Gasteiger partial charge in [-0.3, -0.25) is 9.59 Å². The van der Waals surface area contributed by atoms with Gasteiger partial charge in [-0.25, -0.2) is 4.98 Å². The molecule has 1 aromatic heterocycles. The molecule has 8 nitrogen and oxygen atoms in total. The molecule has 0 radical (unpaired) electrons. The fourth-order valence-corrected chi connectivity index (χ4v) is 4.46. The standard InChI is InChI=1S/C19H29N5O3/c1-12-6-13(8-22-17(12)27-2)16(25)23-10-19-5-3-4-14(19)9-24(11-19)18(26)15(21)7-20/h6,8,14-15H,3-5,7,9-11,20-21H2,1-2H3,(H,23,25)/t14-,15-,19+/m0/s1. The number of amides is 2. The molecule has 3 atom stereocenters. The number of carbonyl (C=O) groups is 2. The van der Waals surface area contributed by atoms with E-state index >= 15 is 0 Å². The zero-order valence-electron chi connectivity index (χ0n) is 16.0. The minimum atomic E-state index is -0.649. The minimum absolute atomic E-state index is 0.0748. The average Bonchev–Trinajstić information content (AvgIpc) is 3.22. The normalized spacial score (nSPS) is 25.2. The molecule has 5 N–H and O–H groups in total. The van der Waals surface area contributed by atoms with Crippen molar-refractivity contribution in [3.8, 4) is 5.88 Å². The number of likely N-dealkylation sites (tertiary alicyclic amines) is 1. The van der Waals surface area contributed by atoms with Crippen LogP contribution < -0.4 is 21.5 Å². The summed E-state index contributed by atoms with van der Waals surface area (Å²) in [6.07, 6.45) is 4.71. The largest absolute Gasteiger partial charge is 0.481 e. The van der Waals surface area contributed by atoms with E-state index in [-0.39, 0.29) is 23.8 Å². The van der Waals surface area contributed by atoms with Gasteiger partial charge in [0.1, 0.15) is 0 Å². The summed E-state index contributed by atoms with van der Waals surface area (Å²) in [7, 11) is 1.55. The number of carbonyl (C=O) groups excluding carboxylic acids is 2. The molecule has 1 saturated heterocycles. The molecule has 148 valence electrons. The van der Waals surface area contributed by atoms with E-state index in [0.29, 0.717) is 37.0 Å². The van der Waals surface area contributed by atoms with Crippen molar-refractivity contribution in [3.05, 3.63) is 23.4 Å². The number of ether oxygens (including phenoxy) is 1. The van der Waals surface area contributed by atoms with Gasteiger partial charge in [0.2, 0.25) is 11.8 Å². The van der Waals surface area contributed by atoms with E-state index in [1.165, 1.54) is 6.20 Å². The van der Waals surface area contributed by atoms with E-state index in [4.69, 9.17) is 16.2 Å². The van der Waals surface area contributed by atoms with Gasteiger partial charge in [-0.15, -0.1) is 0 Å². The van der Waals surface area contributed by atoms with Crippen molar-refractivity contribution in [2.45, 2.75) is 32.2 Å². The number of hydrogen-bond acceptors (Lipinski definition) is 6. The predicted octanol–water partition coefficient (Wildman–Crippen LogP) is 0.0431. The van der Waals surface area contributed by atoms with Crippen LogP contribution in [0.5, 0.6) is 5.88 Å². The van der Waals surface area contributed by atoms with Crippen molar-refractivity contribution in [1.82, 2.24) is 15.2 Å². The van der Waals surface area contributed by atoms with Crippen molar-refractivity contribution >= 4 is 11.8 Å². The zero-order valence-corrected chi connectivity index (χ0v) is 16.0. The Bertz CT molecular complexity index is 725. The smallest absolute Gasteiger partial charge is 0.252 e. The maximum absolute atomic E-state index is 12.6. The molecule has 2 fully saturated rings. The first-order valence-corrected chi connectivity index (χ1v) is 9.43. The van der Waals surface area contributed by atoms with Crippen molar-refractivity contribution in [1.29, 1.82) is 0 Å². The Morgan fingerprint density at radius 2 is 2.30 bits per heavy atom. The van der Waals surface area contributed by atoms with Crippen LogP contribution in [0.4, 0.5) is 0 Å². The molecule has 0 bridgehead atoms. The molecular formula is C19H29N5O3. The number of rotatable bonds is 6. The summed E-state index contributed by atoms with van der Waals surface area (Å²) < 4.78 is 5.14. The summed E-state index contributed by atoms with van der Waals surface area (Å²) in [6, 6.07) is 1.12. The lowest BCUT2D eigenvalue weighted by molar-refractivity contribution is -0.131. The first-order chi connectivity index (χ1) is 12.9. The van der Waals surface area contributed by atoms with Crippen molar-refractivity contribution in [2.75, 3.05) is 33.3 Å². The predicted molar refractivity (Wildman–Crippen MR) is 101 cm³/mol. The highest BCUT2D eigenvalue weighted by Crippen LogP contribution is 2.48. The van der Waals surface area contributed by atoms with Gasteiger partial charge < -0.3 is 26.4 Å². The first-order valence-electron chi connectivity index (χ1n) is 9.43. The number of methoxy groups -OCH3 is 1. The molecule has 2 heterocycles. The molecule has 3 rings (SSSR count). The van der Waals surface area contributed by atoms with E-state index in [0.717, 1.165) is 24.8 Å². The second-order valence-electron chi connectivity index (χ2n) is 7.75. The summed E-state index contributed by atoms with van der Waals surface area (Å²) in [6.45, 7) is 3.88. The topological polar surface area (TPSA) is 124 Å². The molecular weight excluding hydrogens is 346 g/mol. The Labute approximate surface area is 159 Å². The number of aromatic nitrogens is 1. The molecule has 1 saturated carbocycles. The second-order valence-corrected chi connectivity index (χ2v) is 7.75. The molecule has 8 heteroatoms. The van der Waals surface area contributed by atoms with Gasteiger partial charge in [0.25, 0.3) is 5.91 Å². The van der Waals surface area contributed by atoms with Crippen LogP contribution in [0.25, 0.3) is 0 Å². The average molecular weight is 375 g/mol. The summed E-state index contributed by atoms with van der Waals surface area (Å²) in [5.74, 6) is 0.661. The number of nitrogens with one attached hydrogen (secondary N) is 1. The Morgan fingerprint density at radius 1 is 1.52 bits per heavy atom. The lowest BCUT2D eigenvalue weighted by Crippen LogP contribution is -2.48. The Morgan fingerprint density at radius 3 is 2.96 bits per heavy atom.